The normalized spacial score (nSPS) is 19.0. The Morgan fingerprint density at radius 1 is 1.19 bits per heavy atom. The highest BCUT2D eigenvalue weighted by molar-refractivity contribution is 5.82. The third kappa shape index (κ3) is 7.07. The molecule has 0 spiro atoms. The fourth-order valence-corrected chi connectivity index (χ4v) is 4.17. The molecule has 27 heavy (non-hydrogen) atoms. The highest BCUT2D eigenvalue weighted by atomic mass is 16.6. The van der Waals surface area contributed by atoms with Crippen molar-refractivity contribution in [1.82, 2.24) is 10.2 Å². The van der Waals surface area contributed by atoms with Gasteiger partial charge in [-0.3, -0.25) is 9.59 Å². The molecule has 0 radical (unpaired) electrons. The third-order valence-corrected chi connectivity index (χ3v) is 5.39. The summed E-state index contributed by atoms with van der Waals surface area (Å²) < 4.78 is 11.2. The summed E-state index contributed by atoms with van der Waals surface area (Å²) in [7, 11) is 5.28. The van der Waals surface area contributed by atoms with Gasteiger partial charge in [-0.05, 0) is 52.5 Å². The molecule has 6 heteroatoms. The molecule has 0 aromatic carbocycles. The molecule has 1 saturated carbocycles. The van der Waals surface area contributed by atoms with Gasteiger partial charge in [0.05, 0.1) is 24.6 Å². The van der Waals surface area contributed by atoms with Crippen LogP contribution in [-0.4, -0.2) is 61.8 Å². The van der Waals surface area contributed by atoms with Crippen molar-refractivity contribution < 1.29 is 19.1 Å². The molecule has 0 aromatic heterocycles. The molecule has 1 N–H and O–H groups in total. The Morgan fingerprint density at radius 2 is 1.74 bits per heavy atom. The van der Waals surface area contributed by atoms with Gasteiger partial charge >= 0.3 is 5.97 Å². The molecule has 0 aromatic rings. The van der Waals surface area contributed by atoms with Crippen LogP contribution in [-0.2, 0) is 19.1 Å². The number of methoxy groups -OCH3 is 1. The first-order valence-electron chi connectivity index (χ1n) is 10.2. The summed E-state index contributed by atoms with van der Waals surface area (Å²) in [6.07, 6.45) is 4.21. The number of carbonyl (C=O) groups excluding carboxylic acids is 2. The lowest BCUT2D eigenvalue weighted by Crippen LogP contribution is -2.56. The van der Waals surface area contributed by atoms with Crippen LogP contribution in [0.25, 0.3) is 0 Å². The van der Waals surface area contributed by atoms with E-state index in [1.165, 1.54) is 0 Å². The van der Waals surface area contributed by atoms with Crippen molar-refractivity contribution in [2.45, 2.75) is 90.5 Å². The van der Waals surface area contributed by atoms with Gasteiger partial charge in [0.2, 0.25) is 5.91 Å². The van der Waals surface area contributed by atoms with E-state index >= 15 is 0 Å². The van der Waals surface area contributed by atoms with Crippen LogP contribution in [0.1, 0.15) is 66.7 Å². The lowest BCUT2D eigenvalue weighted by Gasteiger charge is -2.40. The number of hydrogen-bond donors (Lipinski definition) is 1. The lowest BCUT2D eigenvalue weighted by atomic mass is 9.89. The first-order valence-corrected chi connectivity index (χ1v) is 10.2. The van der Waals surface area contributed by atoms with Crippen LogP contribution >= 0.6 is 0 Å². The molecule has 0 aliphatic heterocycles. The van der Waals surface area contributed by atoms with E-state index in [0.717, 1.165) is 25.7 Å². The minimum absolute atomic E-state index is 0.0515. The van der Waals surface area contributed by atoms with Crippen LogP contribution in [0.3, 0.4) is 0 Å². The Bertz CT molecular complexity index is 481. The van der Waals surface area contributed by atoms with Crippen LogP contribution in [0.4, 0.5) is 0 Å². The number of nitrogens with zero attached hydrogens (tertiary/aromatic N) is 1. The summed E-state index contributed by atoms with van der Waals surface area (Å²) in [5, 5.41) is 3.13. The van der Waals surface area contributed by atoms with Gasteiger partial charge < -0.3 is 19.7 Å². The maximum atomic E-state index is 13.1. The quantitative estimate of drug-likeness (QED) is 0.619. The number of esters is 1. The number of hydrogen-bond acceptors (Lipinski definition) is 5. The summed E-state index contributed by atoms with van der Waals surface area (Å²) in [5.41, 5.74) is -0.533. The molecular formula is C21H40N2O4. The second-order valence-electron chi connectivity index (χ2n) is 9.06. The zero-order chi connectivity index (χ0) is 20.8. The fourth-order valence-electron chi connectivity index (χ4n) is 4.17. The molecule has 3 unspecified atom stereocenters. The average Bonchev–Trinajstić information content (AvgIpc) is 3.06. The van der Waals surface area contributed by atoms with Gasteiger partial charge in [0.15, 0.2) is 0 Å². The average molecular weight is 385 g/mol. The third-order valence-electron chi connectivity index (χ3n) is 5.39. The van der Waals surface area contributed by atoms with E-state index in [-0.39, 0.29) is 42.4 Å². The standard InChI is InChI=1S/C21H40N2O4/c1-14(2)18(22-6)20(25)23(7)19(15-11-9-10-12-15)16(26-8)13-17(24)27-21(3,4)5/h14-16,18-19,22H,9-13H2,1-8H3. The van der Waals surface area contributed by atoms with Gasteiger partial charge in [-0.25, -0.2) is 0 Å². The molecule has 1 rings (SSSR count). The van der Waals surface area contributed by atoms with Crippen LogP contribution in [0.5, 0.6) is 0 Å². The lowest BCUT2D eigenvalue weighted by molar-refractivity contribution is -0.161. The van der Waals surface area contributed by atoms with E-state index in [9.17, 15) is 9.59 Å². The Hall–Kier alpha value is -1.14. The Balaban J connectivity index is 3.03. The van der Waals surface area contributed by atoms with Crippen molar-refractivity contribution in [3.05, 3.63) is 0 Å². The first-order chi connectivity index (χ1) is 12.5. The monoisotopic (exact) mass is 384 g/mol. The molecule has 1 amide bonds. The highest BCUT2D eigenvalue weighted by Gasteiger charge is 2.40. The minimum atomic E-state index is -0.533. The number of nitrogens with one attached hydrogen (secondary N) is 1. The van der Waals surface area contributed by atoms with Crippen molar-refractivity contribution in [2.24, 2.45) is 11.8 Å². The largest absolute Gasteiger partial charge is 0.460 e. The molecule has 0 saturated heterocycles. The molecule has 3 atom stereocenters. The number of amides is 1. The maximum Gasteiger partial charge on any atom is 0.309 e. The Morgan fingerprint density at radius 3 is 2.15 bits per heavy atom. The van der Waals surface area contributed by atoms with E-state index < -0.39 is 5.60 Å². The van der Waals surface area contributed by atoms with E-state index in [1.54, 1.807) is 7.11 Å². The predicted molar refractivity (Wildman–Crippen MR) is 107 cm³/mol. The zero-order valence-corrected chi connectivity index (χ0v) is 18.5. The topological polar surface area (TPSA) is 67.9 Å². The van der Waals surface area contributed by atoms with Gasteiger partial charge in [-0.15, -0.1) is 0 Å². The van der Waals surface area contributed by atoms with Gasteiger partial charge in [0.25, 0.3) is 0 Å². The first kappa shape index (κ1) is 23.9. The number of likely N-dealkylation sites (N-methyl/N-ethyl adjacent to an activating group) is 2. The second-order valence-corrected chi connectivity index (χ2v) is 9.06. The van der Waals surface area contributed by atoms with Crippen molar-refractivity contribution in [2.75, 3.05) is 21.2 Å². The molecule has 0 heterocycles. The van der Waals surface area contributed by atoms with E-state index in [0.29, 0.717) is 5.92 Å². The summed E-state index contributed by atoms with van der Waals surface area (Å²) in [5.74, 6) is 0.292. The van der Waals surface area contributed by atoms with Crippen LogP contribution in [0.15, 0.2) is 0 Å². The number of carbonyl (C=O) groups is 2. The maximum absolute atomic E-state index is 13.1. The highest BCUT2D eigenvalue weighted by Crippen LogP contribution is 2.34. The van der Waals surface area contributed by atoms with Gasteiger partial charge in [0, 0.05) is 14.2 Å². The minimum Gasteiger partial charge on any atom is -0.460 e. The van der Waals surface area contributed by atoms with Gasteiger partial charge in [0.1, 0.15) is 5.60 Å². The molecule has 158 valence electrons. The van der Waals surface area contributed by atoms with Crippen LogP contribution < -0.4 is 5.32 Å². The molecular weight excluding hydrogens is 344 g/mol. The van der Waals surface area contributed by atoms with Gasteiger partial charge in [-0.2, -0.15) is 0 Å². The smallest absolute Gasteiger partial charge is 0.309 e. The molecule has 0 bridgehead atoms. The predicted octanol–water partition coefficient (Wildman–Crippen LogP) is 2.99. The molecule has 1 aliphatic rings. The summed E-state index contributed by atoms with van der Waals surface area (Å²) in [4.78, 5) is 27.4. The van der Waals surface area contributed by atoms with Crippen molar-refractivity contribution in [3.8, 4) is 0 Å². The van der Waals surface area contributed by atoms with E-state index in [1.807, 2.05) is 53.6 Å². The fraction of sp³-hybridized carbons (Fsp3) is 0.905. The zero-order valence-electron chi connectivity index (χ0n) is 18.5. The summed E-state index contributed by atoms with van der Waals surface area (Å²) in [6, 6.07) is -0.384. The molecule has 6 nitrogen and oxygen atoms in total. The van der Waals surface area contributed by atoms with Crippen molar-refractivity contribution in [1.29, 1.82) is 0 Å². The van der Waals surface area contributed by atoms with Crippen molar-refractivity contribution >= 4 is 11.9 Å². The molecule has 1 fully saturated rings. The van der Waals surface area contributed by atoms with E-state index in [4.69, 9.17) is 9.47 Å². The Kier molecular flexibility index (Phi) is 9.22. The van der Waals surface area contributed by atoms with Crippen LogP contribution in [0, 0.1) is 11.8 Å². The number of ether oxygens (including phenoxy) is 2. The van der Waals surface area contributed by atoms with E-state index in [2.05, 4.69) is 5.32 Å². The van der Waals surface area contributed by atoms with Crippen LogP contribution in [0.2, 0.25) is 0 Å². The van der Waals surface area contributed by atoms with Crippen molar-refractivity contribution in [3.63, 3.8) is 0 Å². The SMILES string of the molecule is CNC(C(=O)N(C)C(C1CCCC1)C(CC(=O)OC(C)(C)C)OC)C(C)C. The summed E-state index contributed by atoms with van der Waals surface area (Å²) >= 11 is 0. The van der Waals surface area contributed by atoms with Gasteiger partial charge in [-0.1, -0.05) is 26.7 Å². The molecule has 1 aliphatic carbocycles. The number of rotatable bonds is 9. The Labute approximate surface area is 165 Å². The second kappa shape index (κ2) is 10.4. The summed E-state index contributed by atoms with van der Waals surface area (Å²) in [6.45, 7) is 9.64.